The highest BCUT2D eigenvalue weighted by atomic mass is 14.9. The standard InChI is InChI=1S/C60H39N3/c1-6-21-40(22-7-1)57-55(58(41-23-8-2-9-24-41)63-59(62-57)42-25-10-3-11-26-42)43-27-20-28-44(37-43)56-51-38-50-47-33-16-18-35-52(47)60(45-29-12-4-13-30-45,46-31-14-5-15-32-46)53(50)39-49(51)48-34-17-19-36-54(48)61-56/h1-39H. The highest BCUT2D eigenvalue weighted by molar-refractivity contribution is 6.13. The number of hydrogen-bond donors (Lipinski definition) is 0. The Bertz CT molecular complexity index is 3380. The Morgan fingerprint density at radius 2 is 0.794 bits per heavy atom. The second kappa shape index (κ2) is 15.0. The lowest BCUT2D eigenvalue weighted by molar-refractivity contribution is 0.769. The van der Waals surface area contributed by atoms with Crippen LogP contribution in [0, 0.1) is 0 Å². The molecule has 11 aromatic rings. The van der Waals surface area contributed by atoms with E-state index in [1.54, 1.807) is 0 Å². The predicted molar refractivity (Wildman–Crippen MR) is 259 cm³/mol. The number of nitrogens with zero attached hydrogens (tertiary/aromatic N) is 3. The maximum Gasteiger partial charge on any atom is 0.160 e. The molecule has 1 aliphatic carbocycles. The van der Waals surface area contributed by atoms with Gasteiger partial charge in [-0.1, -0.05) is 212 Å². The van der Waals surface area contributed by atoms with Gasteiger partial charge in [0, 0.05) is 38.6 Å². The minimum atomic E-state index is -0.513. The molecule has 0 bridgehead atoms. The van der Waals surface area contributed by atoms with Crippen LogP contribution in [0.4, 0.5) is 0 Å². The Labute approximate surface area is 366 Å². The molecule has 0 N–H and O–H groups in total. The van der Waals surface area contributed by atoms with Crippen molar-refractivity contribution in [3.8, 4) is 67.4 Å². The lowest BCUT2D eigenvalue weighted by Crippen LogP contribution is -2.28. The fraction of sp³-hybridized carbons (Fsp3) is 0.0167. The molecule has 63 heavy (non-hydrogen) atoms. The van der Waals surface area contributed by atoms with Crippen molar-refractivity contribution in [2.75, 3.05) is 0 Å². The molecule has 3 heteroatoms. The summed E-state index contributed by atoms with van der Waals surface area (Å²) >= 11 is 0. The molecular formula is C60H39N3. The van der Waals surface area contributed by atoms with Crippen LogP contribution in [0.15, 0.2) is 237 Å². The van der Waals surface area contributed by atoms with Crippen molar-refractivity contribution >= 4 is 21.7 Å². The SMILES string of the molecule is c1ccc(-c2nc(-c3ccccc3)c(-c3cccc(-c4nc5ccccc5c5cc6c(cc45)-c4ccccc4C6(c4ccccc4)c4ccccc4)c3)c(-c3ccccc3)n2)cc1. The molecule has 294 valence electrons. The van der Waals surface area contributed by atoms with Crippen LogP contribution >= 0.6 is 0 Å². The highest BCUT2D eigenvalue weighted by Crippen LogP contribution is 2.57. The molecule has 1 aliphatic rings. The third kappa shape index (κ3) is 5.93. The van der Waals surface area contributed by atoms with E-state index in [1.807, 2.05) is 18.2 Å². The monoisotopic (exact) mass is 801 g/mol. The van der Waals surface area contributed by atoms with Crippen LogP contribution in [0.2, 0.25) is 0 Å². The summed E-state index contributed by atoms with van der Waals surface area (Å²) in [5.41, 5.74) is 16.7. The first-order valence-electron chi connectivity index (χ1n) is 21.5. The summed E-state index contributed by atoms with van der Waals surface area (Å²) in [5.74, 6) is 0.687. The van der Waals surface area contributed by atoms with Gasteiger partial charge in [-0.05, 0) is 68.6 Å². The average molecular weight is 802 g/mol. The number of fused-ring (bicyclic) bond motifs is 6. The van der Waals surface area contributed by atoms with Crippen LogP contribution < -0.4 is 0 Å². The number of pyridine rings is 1. The van der Waals surface area contributed by atoms with Crippen LogP contribution in [-0.2, 0) is 5.41 Å². The maximum atomic E-state index is 5.53. The summed E-state index contributed by atoms with van der Waals surface area (Å²) in [6, 6.07) is 84.5. The Kier molecular flexibility index (Phi) is 8.72. The molecule has 0 aliphatic heterocycles. The molecule has 2 aromatic heterocycles. The fourth-order valence-electron chi connectivity index (χ4n) is 9.99. The smallest absolute Gasteiger partial charge is 0.160 e. The molecule has 12 rings (SSSR count). The average Bonchev–Trinajstić information content (AvgIpc) is 3.66. The molecule has 3 nitrogen and oxygen atoms in total. The van der Waals surface area contributed by atoms with E-state index in [1.165, 1.54) is 38.8 Å². The first-order chi connectivity index (χ1) is 31.3. The van der Waals surface area contributed by atoms with Crippen LogP contribution in [0.3, 0.4) is 0 Å². The quantitative estimate of drug-likeness (QED) is 0.151. The molecule has 0 radical (unpaired) electrons. The topological polar surface area (TPSA) is 38.7 Å². The number of rotatable bonds is 7. The van der Waals surface area contributed by atoms with Gasteiger partial charge in [0.05, 0.1) is 28.0 Å². The van der Waals surface area contributed by atoms with Gasteiger partial charge in [0.1, 0.15) is 0 Å². The fourth-order valence-corrected chi connectivity index (χ4v) is 9.99. The van der Waals surface area contributed by atoms with Crippen molar-refractivity contribution in [2.24, 2.45) is 0 Å². The van der Waals surface area contributed by atoms with E-state index in [4.69, 9.17) is 15.0 Å². The Morgan fingerprint density at radius 3 is 1.43 bits per heavy atom. The molecule has 0 fully saturated rings. The van der Waals surface area contributed by atoms with Crippen molar-refractivity contribution in [3.63, 3.8) is 0 Å². The number of benzene rings is 9. The maximum absolute atomic E-state index is 5.53. The van der Waals surface area contributed by atoms with Gasteiger partial charge in [0.2, 0.25) is 0 Å². The molecule has 0 unspecified atom stereocenters. The Morgan fingerprint density at radius 1 is 0.286 bits per heavy atom. The van der Waals surface area contributed by atoms with Gasteiger partial charge in [-0.2, -0.15) is 0 Å². The van der Waals surface area contributed by atoms with E-state index in [0.29, 0.717) is 5.82 Å². The molecule has 0 amide bonds. The van der Waals surface area contributed by atoms with Crippen LogP contribution in [0.25, 0.3) is 89.1 Å². The summed E-state index contributed by atoms with van der Waals surface area (Å²) in [4.78, 5) is 16.3. The molecular weight excluding hydrogens is 763 g/mol. The summed E-state index contributed by atoms with van der Waals surface area (Å²) in [5, 5.41) is 3.41. The summed E-state index contributed by atoms with van der Waals surface area (Å²) in [6.07, 6.45) is 0. The van der Waals surface area contributed by atoms with Crippen LogP contribution in [0.5, 0.6) is 0 Å². The van der Waals surface area contributed by atoms with E-state index >= 15 is 0 Å². The number of para-hydroxylation sites is 1. The summed E-state index contributed by atoms with van der Waals surface area (Å²) < 4.78 is 0. The molecule has 2 heterocycles. The van der Waals surface area contributed by atoms with Gasteiger partial charge in [0.25, 0.3) is 0 Å². The van der Waals surface area contributed by atoms with E-state index in [2.05, 4.69) is 218 Å². The zero-order valence-electron chi connectivity index (χ0n) is 34.4. The van der Waals surface area contributed by atoms with Gasteiger partial charge in [-0.25, -0.2) is 15.0 Å². The van der Waals surface area contributed by atoms with E-state index in [0.717, 1.165) is 66.8 Å². The first kappa shape index (κ1) is 36.6. The zero-order valence-corrected chi connectivity index (χ0v) is 34.4. The third-order valence-corrected chi connectivity index (χ3v) is 12.7. The second-order valence-corrected chi connectivity index (χ2v) is 16.2. The van der Waals surface area contributed by atoms with Crippen molar-refractivity contribution in [1.29, 1.82) is 0 Å². The van der Waals surface area contributed by atoms with Gasteiger partial charge < -0.3 is 0 Å². The van der Waals surface area contributed by atoms with E-state index in [-0.39, 0.29) is 0 Å². The van der Waals surface area contributed by atoms with E-state index < -0.39 is 5.41 Å². The summed E-state index contributed by atoms with van der Waals surface area (Å²) in [6.45, 7) is 0. The van der Waals surface area contributed by atoms with Crippen molar-refractivity contribution in [2.45, 2.75) is 5.41 Å². The van der Waals surface area contributed by atoms with E-state index in [9.17, 15) is 0 Å². The normalized spacial score (nSPS) is 12.6. The lowest BCUT2D eigenvalue weighted by atomic mass is 9.67. The second-order valence-electron chi connectivity index (χ2n) is 16.2. The summed E-state index contributed by atoms with van der Waals surface area (Å²) in [7, 11) is 0. The Balaban J connectivity index is 1.14. The highest BCUT2D eigenvalue weighted by Gasteiger charge is 2.46. The van der Waals surface area contributed by atoms with Crippen molar-refractivity contribution in [3.05, 3.63) is 259 Å². The minimum Gasteiger partial charge on any atom is -0.247 e. The number of aromatic nitrogens is 3. The molecule has 0 saturated heterocycles. The van der Waals surface area contributed by atoms with Gasteiger partial charge in [-0.3, -0.25) is 0 Å². The van der Waals surface area contributed by atoms with Crippen molar-refractivity contribution < 1.29 is 0 Å². The van der Waals surface area contributed by atoms with Gasteiger partial charge in [-0.15, -0.1) is 0 Å². The largest absolute Gasteiger partial charge is 0.247 e. The third-order valence-electron chi connectivity index (χ3n) is 12.7. The zero-order chi connectivity index (χ0) is 41.7. The van der Waals surface area contributed by atoms with Crippen LogP contribution in [-0.4, -0.2) is 15.0 Å². The molecule has 9 aromatic carbocycles. The van der Waals surface area contributed by atoms with Crippen molar-refractivity contribution in [1.82, 2.24) is 15.0 Å². The first-order valence-corrected chi connectivity index (χ1v) is 21.5. The Hall–Kier alpha value is -8.27. The molecule has 0 saturated carbocycles. The minimum absolute atomic E-state index is 0.513. The van der Waals surface area contributed by atoms with Gasteiger partial charge in [0.15, 0.2) is 5.82 Å². The number of hydrogen-bond acceptors (Lipinski definition) is 3. The molecule has 0 atom stereocenters. The lowest BCUT2D eigenvalue weighted by Gasteiger charge is -2.34. The van der Waals surface area contributed by atoms with Crippen LogP contribution in [0.1, 0.15) is 22.3 Å². The molecule has 0 spiro atoms. The van der Waals surface area contributed by atoms with Gasteiger partial charge >= 0.3 is 0 Å². The predicted octanol–water partition coefficient (Wildman–Crippen LogP) is 14.9.